The first-order chi connectivity index (χ1) is 10.1. The summed E-state index contributed by atoms with van der Waals surface area (Å²) in [5, 5.41) is 3.42. The summed E-state index contributed by atoms with van der Waals surface area (Å²) in [6.45, 7) is 2.08. The smallest absolute Gasteiger partial charge is 0.143 e. The van der Waals surface area contributed by atoms with Crippen molar-refractivity contribution in [3.05, 3.63) is 58.9 Å². The van der Waals surface area contributed by atoms with Gasteiger partial charge in [-0.1, -0.05) is 23.7 Å². The van der Waals surface area contributed by atoms with Crippen molar-refractivity contribution in [3.8, 4) is 5.75 Å². The minimum Gasteiger partial charge on any atom is -0.497 e. The van der Waals surface area contributed by atoms with Gasteiger partial charge in [0.05, 0.1) is 12.1 Å². The maximum absolute atomic E-state index is 13.4. The first-order valence-electron chi connectivity index (χ1n) is 6.93. The van der Waals surface area contributed by atoms with Crippen molar-refractivity contribution in [2.45, 2.75) is 25.8 Å². The highest BCUT2D eigenvalue weighted by atomic mass is 35.5. The molecule has 0 spiro atoms. The summed E-state index contributed by atoms with van der Waals surface area (Å²) in [6.07, 6.45) is 1.91. The Morgan fingerprint density at radius 3 is 2.52 bits per heavy atom. The van der Waals surface area contributed by atoms with Crippen molar-refractivity contribution in [3.63, 3.8) is 0 Å². The van der Waals surface area contributed by atoms with Gasteiger partial charge in [0.2, 0.25) is 0 Å². The number of ether oxygens (including phenoxy) is 1. The van der Waals surface area contributed by atoms with E-state index in [9.17, 15) is 4.39 Å². The average molecular weight is 308 g/mol. The van der Waals surface area contributed by atoms with Crippen LogP contribution in [0.4, 0.5) is 10.1 Å². The van der Waals surface area contributed by atoms with E-state index in [2.05, 4.69) is 24.4 Å². The van der Waals surface area contributed by atoms with Gasteiger partial charge < -0.3 is 10.1 Å². The molecule has 2 rings (SSSR count). The highest BCUT2D eigenvalue weighted by Crippen LogP contribution is 2.20. The molecule has 4 heteroatoms. The van der Waals surface area contributed by atoms with Crippen LogP contribution in [-0.4, -0.2) is 13.2 Å². The van der Waals surface area contributed by atoms with E-state index in [1.54, 1.807) is 19.2 Å². The van der Waals surface area contributed by atoms with Gasteiger partial charge in [-0.2, -0.15) is 0 Å². The molecule has 0 saturated heterocycles. The summed E-state index contributed by atoms with van der Waals surface area (Å²) < 4.78 is 18.5. The van der Waals surface area contributed by atoms with Gasteiger partial charge in [-0.3, -0.25) is 0 Å². The Kier molecular flexibility index (Phi) is 5.45. The molecule has 0 bridgehead atoms. The molecule has 0 aliphatic carbocycles. The normalized spacial score (nSPS) is 12.0. The molecule has 0 amide bonds. The van der Waals surface area contributed by atoms with E-state index < -0.39 is 5.82 Å². The molecule has 0 fully saturated rings. The summed E-state index contributed by atoms with van der Waals surface area (Å²) in [6, 6.07) is 13.1. The van der Waals surface area contributed by atoms with Gasteiger partial charge in [-0.05, 0) is 55.7 Å². The lowest BCUT2D eigenvalue weighted by Gasteiger charge is -2.15. The average Bonchev–Trinajstić information content (AvgIpc) is 2.49. The SMILES string of the molecule is COc1ccc(CCC(C)Nc2ccc(Cl)c(F)c2)cc1. The Hall–Kier alpha value is -1.74. The summed E-state index contributed by atoms with van der Waals surface area (Å²) >= 11 is 5.67. The third kappa shape index (κ3) is 4.64. The van der Waals surface area contributed by atoms with E-state index in [-0.39, 0.29) is 11.1 Å². The molecule has 2 aromatic carbocycles. The molecule has 2 nitrogen and oxygen atoms in total. The Balaban J connectivity index is 1.86. The summed E-state index contributed by atoms with van der Waals surface area (Å²) in [7, 11) is 1.66. The fraction of sp³-hybridized carbons (Fsp3) is 0.294. The quantitative estimate of drug-likeness (QED) is 0.817. The number of hydrogen-bond donors (Lipinski definition) is 1. The lowest BCUT2D eigenvalue weighted by atomic mass is 10.1. The van der Waals surface area contributed by atoms with Gasteiger partial charge in [-0.25, -0.2) is 4.39 Å². The molecule has 1 unspecified atom stereocenters. The molecule has 0 saturated carbocycles. The zero-order valence-electron chi connectivity index (χ0n) is 12.2. The minimum atomic E-state index is -0.399. The van der Waals surface area contributed by atoms with E-state index >= 15 is 0 Å². The molecular weight excluding hydrogens is 289 g/mol. The Morgan fingerprint density at radius 1 is 1.19 bits per heavy atom. The number of rotatable bonds is 6. The Morgan fingerprint density at radius 2 is 1.90 bits per heavy atom. The molecule has 0 aromatic heterocycles. The van der Waals surface area contributed by atoms with Gasteiger partial charge >= 0.3 is 0 Å². The van der Waals surface area contributed by atoms with Crippen LogP contribution in [0.3, 0.4) is 0 Å². The number of halogens is 2. The molecule has 0 heterocycles. The van der Waals surface area contributed by atoms with E-state index in [1.165, 1.54) is 11.6 Å². The highest BCUT2D eigenvalue weighted by molar-refractivity contribution is 6.30. The van der Waals surface area contributed by atoms with Crippen molar-refractivity contribution < 1.29 is 9.13 Å². The van der Waals surface area contributed by atoms with Crippen LogP contribution in [0.15, 0.2) is 42.5 Å². The van der Waals surface area contributed by atoms with E-state index in [0.717, 1.165) is 24.3 Å². The van der Waals surface area contributed by atoms with Gasteiger partial charge in [-0.15, -0.1) is 0 Å². The van der Waals surface area contributed by atoms with Crippen molar-refractivity contribution in [2.75, 3.05) is 12.4 Å². The fourth-order valence-corrected chi connectivity index (χ4v) is 2.24. The van der Waals surface area contributed by atoms with Gasteiger partial charge in [0.25, 0.3) is 0 Å². The number of hydrogen-bond acceptors (Lipinski definition) is 2. The van der Waals surface area contributed by atoms with Gasteiger partial charge in [0.1, 0.15) is 11.6 Å². The zero-order valence-corrected chi connectivity index (χ0v) is 13.0. The lowest BCUT2D eigenvalue weighted by Crippen LogP contribution is -2.16. The molecule has 0 aliphatic rings. The third-order valence-corrected chi connectivity index (χ3v) is 3.66. The number of anilines is 1. The van der Waals surface area contributed by atoms with Crippen molar-refractivity contribution >= 4 is 17.3 Å². The minimum absolute atomic E-state index is 0.145. The Bertz CT molecular complexity index is 586. The van der Waals surface area contributed by atoms with Crippen LogP contribution in [0, 0.1) is 5.82 Å². The van der Waals surface area contributed by atoms with Crippen LogP contribution >= 0.6 is 11.6 Å². The number of benzene rings is 2. The van der Waals surface area contributed by atoms with Crippen LogP contribution in [-0.2, 0) is 6.42 Å². The number of nitrogens with one attached hydrogen (secondary N) is 1. The first kappa shape index (κ1) is 15.6. The second kappa shape index (κ2) is 7.32. The number of aryl methyl sites for hydroxylation is 1. The summed E-state index contributed by atoms with van der Waals surface area (Å²) in [4.78, 5) is 0. The van der Waals surface area contributed by atoms with E-state index in [4.69, 9.17) is 16.3 Å². The maximum Gasteiger partial charge on any atom is 0.143 e. The molecule has 0 radical (unpaired) electrons. The van der Waals surface area contributed by atoms with Crippen molar-refractivity contribution in [1.82, 2.24) is 0 Å². The van der Waals surface area contributed by atoms with Crippen molar-refractivity contribution in [1.29, 1.82) is 0 Å². The molecule has 21 heavy (non-hydrogen) atoms. The van der Waals surface area contributed by atoms with Crippen LogP contribution in [0.1, 0.15) is 18.9 Å². The standard InChI is InChI=1S/C17H19ClFNO/c1-12(20-14-7-10-16(18)17(19)11-14)3-4-13-5-8-15(21-2)9-6-13/h5-12,20H,3-4H2,1-2H3. The third-order valence-electron chi connectivity index (χ3n) is 3.36. The van der Waals surface area contributed by atoms with Crippen LogP contribution < -0.4 is 10.1 Å². The molecule has 0 aliphatic heterocycles. The fourth-order valence-electron chi connectivity index (χ4n) is 2.12. The van der Waals surface area contributed by atoms with Crippen LogP contribution in [0.2, 0.25) is 5.02 Å². The van der Waals surface area contributed by atoms with E-state index in [1.807, 2.05) is 12.1 Å². The monoisotopic (exact) mass is 307 g/mol. The maximum atomic E-state index is 13.4. The van der Waals surface area contributed by atoms with Gasteiger partial charge in [0, 0.05) is 11.7 Å². The van der Waals surface area contributed by atoms with Crippen LogP contribution in [0.5, 0.6) is 5.75 Å². The molecule has 2 aromatic rings. The molecule has 1 N–H and O–H groups in total. The van der Waals surface area contributed by atoms with Crippen molar-refractivity contribution in [2.24, 2.45) is 0 Å². The molecule has 1 atom stereocenters. The second-order valence-electron chi connectivity index (χ2n) is 5.06. The van der Waals surface area contributed by atoms with Gasteiger partial charge in [0.15, 0.2) is 0 Å². The first-order valence-corrected chi connectivity index (χ1v) is 7.31. The van der Waals surface area contributed by atoms with E-state index in [0.29, 0.717) is 0 Å². The summed E-state index contributed by atoms with van der Waals surface area (Å²) in [5.41, 5.74) is 2.01. The number of methoxy groups -OCH3 is 1. The summed E-state index contributed by atoms with van der Waals surface area (Å²) in [5.74, 6) is 0.464. The van der Waals surface area contributed by atoms with Crippen LogP contribution in [0.25, 0.3) is 0 Å². The Labute approximate surface area is 129 Å². The molecule has 112 valence electrons. The lowest BCUT2D eigenvalue weighted by molar-refractivity contribution is 0.414. The second-order valence-corrected chi connectivity index (χ2v) is 5.47. The molecular formula is C17H19ClFNO. The topological polar surface area (TPSA) is 21.3 Å². The largest absolute Gasteiger partial charge is 0.497 e. The predicted molar refractivity (Wildman–Crippen MR) is 85.8 cm³/mol. The predicted octanol–water partition coefficient (Wildman–Crippen LogP) is 4.92. The highest BCUT2D eigenvalue weighted by Gasteiger charge is 2.05. The zero-order chi connectivity index (χ0) is 15.2.